The molecule has 0 amide bonds. The Kier molecular flexibility index (Phi) is 4.78. The molecule has 7 heteroatoms. The van der Waals surface area contributed by atoms with Crippen LogP contribution in [0.25, 0.3) is 6.08 Å². The van der Waals surface area contributed by atoms with E-state index in [1.165, 1.54) is 25.3 Å². The van der Waals surface area contributed by atoms with Crippen molar-refractivity contribution in [3.8, 4) is 35.5 Å². The molecule has 0 saturated heterocycles. The van der Waals surface area contributed by atoms with Gasteiger partial charge in [0.15, 0.2) is 17.1 Å². The number of hydrogen-bond donors (Lipinski definition) is 3. The summed E-state index contributed by atoms with van der Waals surface area (Å²) in [7, 11) is 1.30. The molecule has 7 nitrogen and oxygen atoms in total. The first-order valence-corrected chi connectivity index (χ1v) is 5.50. The summed E-state index contributed by atoms with van der Waals surface area (Å²) in [5.41, 5.74) is 5.10. The predicted octanol–water partition coefficient (Wildman–Crippen LogP) is 1.27. The van der Waals surface area contributed by atoms with Gasteiger partial charge in [0, 0.05) is 0 Å². The molecule has 0 aliphatic heterocycles. The Balaban J connectivity index is 3.46. The Morgan fingerprint density at radius 3 is 2.29 bits per heavy atom. The summed E-state index contributed by atoms with van der Waals surface area (Å²) < 4.78 is 4.86. The van der Waals surface area contributed by atoms with Gasteiger partial charge < -0.3 is 20.7 Å². The van der Waals surface area contributed by atoms with E-state index in [2.05, 4.69) is 0 Å². The van der Waals surface area contributed by atoms with Gasteiger partial charge in [0.25, 0.3) is 0 Å². The Morgan fingerprint density at radius 1 is 1.19 bits per heavy atom. The van der Waals surface area contributed by atoms with Gasteiger partial charge in [-0.2, -0.15) is 15.8 Å². The van der Waals surface area contributed by atoms with Crippen molar-refractivity contribution >= 4 is 6.08 Å². The van der Waals surface area contributed by atoms with Crippen LogP contribution in [0.1, 0.15) is 5.56 Å². The highest BCUT2D eigenvalue weighted by Gasteiger charge is 2.11. The number of nitrogens with zero attached hydrogens (tertiary/aromatic N) is 3. The van der Waals surface area contributed by atoms with Crippen molar-refractivity contribution < 1.29 is 14.9 Å². The highest BCUT2D eigenvalue weighted by molar-refractivity contribution is 5.69. The topological polar surface area (TPSA) is 147 Å². The van der Waals surface area contributed by atoms with Gasteiger partial charge in [0.05, 0.1) is 18.4 Å². The fraction of sp³-hybridized carbons (Fsp3) is 0.0714. The van der Waals surface area contributed by atoms with Gasteiger partial charge in [-0.15, -0.1) is 0 Å². The number of methoxy groups -OCH3 is 1. The molecule has 0 aliphatic carbocycles. The lowest BCUT2D eigenvalue weighted by molar-refractivity contribution is 0.351. The van der Waals surface area contributed by atoms with E-state index in [4.69, 9.17) is 26.3 Å². The van der Waals surface area contributed by atoms with Gasteiger partial charge in [-0.05, 0) is 23.8 Å². The van der Waals surface area contributed by atoms with Crippen LogP contribution in [-0.2, 0) is 0 Å². The number of phenols is 2. The van der Waals surface area contributed by atoms with E-state index >= 15 is 0 Å². The zero-order valence-electron chi connectivity index (χ0n) is 11.0. The molecule has 0 radical (unpaired) electrons. The van der Waals surface area contributed by atoms with E-state index in [-0.39, 0.29) is 17.0 Å². The highest BCUT2D eigenvalue weighted by Crippen LogP contribution is 2.37. The molecule has 0 aliphatic rings. The molecule has 0 fully saturated rings. The standard InChI is InChI=1S/C14H10N4O3/c1-21-12-4-8(3-11(19)14(12)20)2-9(5-15)13(18)10(6-16)7-17/h2-4,19-20H,18H2,1H3/b9-2+. The summed E-state index contributed by atoms with van der Waals surface area (Å²) in [6.45, 7) is 0. The maximum atomic E-state index is 9.55. The molecule has 0 saturated carbocycles. The van der Waals surface area contributed by atoms with E-state index in [0.717, 1.165) is 0 Å². The Morgan fingerprint density at radius 2 is 1.81 bits per heavy atom. The number of benzene rings is 1. The summed E-state index contributed by atoms with van der Waals surface area (Å²) in [5, 5.41) is 45.6. The minimum atomic E-state index is -0.443. The van der Waals surface area contributed by atoms with Crippen molar-refractivity contribution in [3.63, 3.8) is 0 Å². The van der Waals surface area contributed by atoms with Crippen LogP contribution in [0.15, 0.2) is 29.0 Å². The van der Waals surface area contributed by atoms with Crippen molar-refractivity contribution in [2.45, 2.75) is 0 Å². The lowest BCUT2D eigenvalue weighted by atomic mass is 10.1. The number of ether oxygens (including phenoxy) is 1. The van der Waals surface area contributed by atoms with Crippen LogP contribution in [0.4, 0.5) is 0 Å². The second-order valence-corrected chi connectivity index (χ2v) is 3.77. The molecular weight excluding hydrogens is 272 g/mol. The fourth-order valence-electron chi connectivity index (χ4n) is 1.47. The van der Waals surface area contributed by atoms with Crippen molar-refractivity contribution in [3.05, 3.63) is 34.5 Å². The molecule has 0 unspecified atom stereocenters. The van der Waals surface area contributed by atoms with Crippen LogP contribution in [0.5, 0.6) is 17.2 Å². The number of aromatic hydroxyl groups is 2. The van der Waals surface area contributed by atoms with Crippen LogP contribution < -0.4 is 10.5 Å². The number of allylic oxidation sites excluding steroid dienone is 2. The average molecular weight is 282 g/mol. The largest absolute Gasteiger partial charge is 0.504 e. The van der Waals surface area contributed by atoms with Crippen molar-refractivity contribution in [1.82, 2.24) is 0 Å². The summed E-state index contributed by atoms with van der Waals surface area (Å²) in [6, 6.07) is 7.47. The van der Waals surface area contributed by atoms with E-state index < -0.39 is 17.1 Å². The number of phenolic OH excluding ortho intramolecular Hbond substituents is 2. The Bertz CT molecular complexity index is 742. The molecule has 1 rings (SSSR count). The second kappa shape index (κ2) is 6.51. The van der Waals surface area contributed by atoms with Crippen molar-refractivity contribution in [1.29, 1.82) is 15.8 Å². The van der Waals surface area contributed by atoms with Crippen LogP contribution in [0.3, 0.4) is 0 Å². The first-order valence-electron chi connectivity index (χ1n) is 5.50. The molecule has 0 atom stereocenters. The molecular formula is C14H10N4O3. The van der Waals surface area contributed by atoms with Crippen LogP contribution in [0, 0.1) is 34.0 Å². The second-order valence-electron chi connectivity index (χ2n) is 3.77. The van der Waals surface area contributed by atoms with Gasteiger partial charge in [-0.3, -0.25) is 0 Å². The maximum Gasteiger partial charge on any atom is 0.200 e. The number of nitriles is 3. The molecule has 0 spiro atoms. The Hall–Kier alpha value is -3.63. The summed E-state index contributed by atoms with van der Waals surface area (Å²) in [5.74, 6) is -0.880. The van der Waals surface area contributed by atoms with Gasteiger partial charge in [-0.25, -0.2) is 0 Å². The van der Waals surface area contributed by atoms with Gasteiger partial charge >= 0.3 is 0 Å². The summed E-state index contributed by atoms with van der Waals surface area (Å²) >= 11 is 0. The third kappa shape index (κ3) is 3.23. The Labute approximate surface area is 120 Å². The number of nitrogens with two attached hydrogens (primary N) is 1. The molecule has 0 heterocycles. The molecule has 21 heavy (non-hydrogen) atoms. The van der Waals surface area contributed by atoms with Gasteiger partial charge in [-0.1, -0.05) is 0 Å². The lowest BCUT2D eigenvalue weighted by Crippen LogP contribution is -2.03. The summed E-state index contributed by atoms with van der Waals surface area (Å²) in [6.07, 6.45) is 1.26. The highest BCUT2D eigenvalue weighted by atomic mass is 16.5. The normalized spacial score (nSPS) is 9.90. The minimum absolute atomic E-state index is 0.00174. The third-order valence-corrected chi connectivity index (χ3v) is 2.51. The molecule has 4 N–H and O–H groups in total. The molecule has 0 aromatic heterocycles. The zero-order valence-corrected chi connectivity index (χ0v) is 11.0. The van der Waals surface area contributed by atoms with Crippen LogP contribution in [0.2, 0.25) is 0 Å². The molecule has 0 bridgehead atoms. The molecule has 104 valence electrons. The van der Waals surface area contributed by atoms with Crippen molar-refractivity contribution in [2.75, 3.05) is 7.11 Å². The smallest absolute Gasteiger partial charge is 0.200 e. The van der Waals surface area contributed by atoms with E-state index in [1.54, 1.807) is 18.2 Å². The third-order valence-electron chi connectivity index (χ3n) is 2.51. The molecule has 1 aromatic rings. The van der Waals surface area contributed by atoms with Crippen LogP contribution in [-0.4, -0.2) is 17.3 Å². The van der Waals surface area contributed by atoms with Gasteiger partial charge in [0.1, 0.15) is 18.2 Å². The predicted molar refractivity (Wildman–Crippen MR) is 72.4 cm³/mol. The average Bonchev–Trinajstić information content (AvgIpc) is 2.49. The fourth-order valence-corrected chi connectivity index (χ4v) is 1.47. The first kappa shape index (κ1) is 15.4. The van der Waals surface area contributed by atoms with E-state index in [1.807, 2.05) is 0 Å². The van der Waals surface area contributed by atoms with E-state index in [9.17, 15) is 10.2 Å². The van der Waals surface area contributed by atoms with Gasteiger partial charge in [0.2, 0.25) is 5.75 Å². The maximum absolute atomic E-state index is 9.55. The number of rotatable bonds is 3. The quantitative estimate of drug-likeness (QED) is 0.429. The minimum Gasteiger partial charge on any atom is -0.504 e. The summed E-state index contributed by atoms with van der Waals surface area (Å²) in [4.78, 5) is 0. The number of hydrogen-bond acceptors (Lipinski definition) is 7. The lowest BCUT2D eigenvalue weighted by Gasteiger charge is -2.07. The SMILES string of the molecule is COc1cc(/C=C(\C#N)C(N)=C(C#N)C#N)cc(O)c1O. The van der Waals surface area contributed by atoms with Crippen LogP contribution >= 0.6 is 0 Å². The zero-order chi connectivity index (χ0) is 16.0. The monoisotopic (exact) mass is 282 g/mol. The molecule has 1 aromatic carbocycles. The first-order chi connectivity index (χ1) is 9.98. The van der Waals surface area contributed by atoms with Crippen molar-refractivity contribution in [2.24, 2.45) is 5.73 Å². The van der Waals surface area contributed by atoms with E-state index in [0.29, 0.717) is 5.56 Å².